The minimum Gasteiger partial charge on any atom is -0.444 e. The molecule has 1 atom stereocenters. The Morgan fingerprint density at radius 2 is 1.86 bits per heavy atom. The van der Waals surface area contributed by atoms with Gasteiger partial charge in [0, 0.05) is 24.8 Å². The number of nitrogens with zero attached hydrogens (tertiary/aromatic N) is 1. The van der Waals surface area contributed by atoms with E-state index >= 15 is 0 Å². The number of nitrogens with one attached hydrogen (secondary N) is 1. The molecule has 6 nitrogen and oxygen atoms in total. The van der Waals surface area contributed by atoms with Gasteiger partial charge in [-0.3, -0.25) is 0 Å². The number of amides is 1. The second-order valence-electron chi connectivity index (χ2n) is 10.1. The van der Waals surface area contributed by atoms with Gasteiger partial charge < -0.3 is 24.3 Å². The number of anilines is 1. The van der Waals surface area contributed by atoms with Crippen molar-refractivity contribution >= 4 is 24.4 Å². The second kappa shape index (κ2) is 7.84. The van der Waals surface area contributed by atoms with E-state index in [1.54, 1.807) is 0 Å². The SMILES string of the molecule is CC(C)(C)OC(=O)NC1CCCN(c2cccc(B3OC(C)(C)C(C)(C)O3)c2)C1. The Bertz CT molecular complexity index is 729. The van der Waals surface area contributed by atoms with Crippen molar-refractivity contribution in [3.63, 3.8) is 0 Å². The van der Waals surface area contributed by atoms with Crippen LogP contribution in [0, 0.1) is 0 Å². The van der Waals surface area contributed by atoms with E-state index in [-0.39, 0.29) is 30.5 Å². The van der Waals surface area contributed by atoms with Crippen molar-refractivity contribution in [2.45, 2.75) is 84.2 Å². The molecule has 3 rings (SSSR count). The number of piperidine rings is 1. The number of rotatable bonds is 3. The van der Waals surface area contributed by atoms with Gasteiger partial charge in [-0.1, -0.05) is 12.1 Å². The van der Waals surface area contributed by atoms with Crippen LogP contribution in [0.1, 0.15) is 61.3 Å². The minimum atomic E-state index is -0.490. The summed E-state index contributed by atoms with van der Waals surface area (Å²) in [5.74, 6) is 0. The van der Waals surface area contributed by atoms with Crippen molar-refractivity contribution in [2.75, 3.05) is 18.0 Å². The molecule has 0 radical (unpaired) electrons. The van der Waals surface area contributed by atoms with Gasteiger partial charge in [-0.2, -0.15) is 0 Å². The first-order valence-electron chi connectivity index (χ1n) is 10.6. The number of hydrogen-bond donors (Lipinski definition) is 1. The number of benzene rings is 1. The number of carbonyl (C=O) groups excluding carboxylic acids is 1. The summed E-state index contributed by atoms with van der Waals surface area (Å²) >= 11 is 0. The molecule has 0 saturated carbocycles. The summed E-state index contributed by atoms with van der Waals surface area (Å²) in [4.78, 5) is 14.4. The summed E-state index contributed by atoms with van der Waals surface area (Å²) in [6.07, 6.45) is 1.61. The molecule has 7 heteroatoms. The number of carbonyl (C=O) groups is 1. The molecule has 160 valence electrons. The van der Waals surface area contributed by atoms with Crippen LogP contribution in [0.4, 0.5) is 10.5 Å². The molecule has 0 bridgehead atoms. The molecule has 2 fully saturated rings. The van der Waals surface area contributed by atoms with Crippen molar-refractivity contribution in [1.29, 1.82) is 0 Å². The van der Waals surface area contributed by atoms with E-state index in [1.165, 1.54) is 0 Å². The molecule has 2 aliphatic rings. The van der Waals surface area contributed by atoms with Crippen molar-refractivity contribution in [1.82, 2.24) is 5.32 Å². The molecule has 0 aromatic heterocycles. The van der Waals surface area contributed by atoms with Crippen LogP contribution in [0.5, 0.6) is 0 Å². The molecule has 1 aromatic carbocycles. The second-order valence-corrected chi connectivity index (χ2v) is 10.1. The van der Waals surface area contributed by atoms with Crippen molar-refractivity contribution < 1.29 is 18.8 Å². The van der Waals surface area contributed by atoms with Crippen LogP contribution in [0.15, 0.2) is 24.3 Å². The molecule has 0 aliphatic carbocycles. The minimum absolute atomic E-state index is 0.0686. The van der Waals surface area contributed by atoms with Gasteiger partial charge in [0.1, 0.15) is 5.60 Å². The normalized spacial score (nSPS) is 23.8. The zero-order chi connectivity index (χ0) is 21.4. The van der Waals surface area contributed by atoms with E-state index in [9.17, 15) is 4.79 Å². The molecular weight excluding hydrogens is 367 g/mol. The molecular formula is C22H35BN2O4. The Morgan fingerprint density at radius 1 is 1.21 bits per heavy atom. The monoisotopic (exact) mass is 402 g/mol. The maximum absolute atomic E-state index is 12.1. The smallest absolute Gasteiger partial charge is 0.444 e. The Labute approximate surface area is 175 Å². The van der Waals surface area contributed by atoms with Crippen molar-refractivity contribution in [3.05, 3.63) is 24.3 Å². The molecule has 1 amide bonds. The standard InChI is InChI=1S/C22H35BN2O4/c1-20(2,3)27-19(26)24-17-11-9-13-25(15-17)18-12-8-10-16(14-18)23-28-21(4,5)22(6,7)29-23/h8,10,12,14,17H,9,11,13,15H2,1-7H3,(H,24,26). The summed E-state index contributed by atoms with van der Waals surface area (Å²) in [5, 5.41) is 3.01. The predicted octanol–water partition coefficient (Wildman–Crippen LogP) is 3.48. The van der Waals surface area contributed by atoms with Crippen LogP contribution in [-0.2, 0) is 14.0 Å². The van der Waals surface area contributed by atoms with Gasteiger partial charge in [0.05, 0.1) is 11.2 Å². The van der Waals surface area contributed by atoms with Crippen LogP contribution in [0.3, 0.4) is 0 Å². The van der Waals surface area contributed by atoms with E-state index in [2.05, 4.69) is 50.0 Å². The Hall–Kier alpha value is -1.73. The maximum Gasteiger partial charge on any atom is 0.494 e. The summed E-state index contributed by atoms with van der Waals surface area (Å²) in [6, 6.07) is 8.40. The van der Waals surface area contributed by atoms with E-state index in [0.29, 0.717) is 0 Å². The molecule has 2 heterocycles. The van der Waals surface area contributed by atoms with Crippen molar-refractivity contribution in [2.24, 2.45) is 0 Å². The largest absolute Gasteiger partial charge is 0.494 e. The summed E-state index contributed by atoms with van der Waals surface area (Å²) in [6.45, 7) is 15.6. The van der Waals surface area contributed by atoms with Crippen LogP contribution in [0.2, 0.25) is 0 Å². The zero-order valence-electron chi connectivity index (χ0n) is 18.9. The highest BCUT2D eigenvalue weighted by Gasteiger charge is 2.51. The van der Waals surface area contributed by atoms with Crippen LogP contribution >= 0.6 is 0 Å². The van der Waals surface area contributed by atoms with E-state index in [1.807, 2.05) is 32.9 Å². The lowest BCUT2D eigenvalue weighted by molar-refractivity contribution is 0.00578. The average molecular weight is 402 g/mol. The lowest BCUT2D eigenvalue weighted by Gasteiger charge is -2.35. The molecule has 1 aromatic rings. The number of alkyl carbamates (subject to hydrolysis) is 1. The summed E-state index contributed by atoms with van der Waals surface area (Å²) in [7, 11) is -0.375. The molecule has 1 N–H and O–H groups in total. The third kappa shape index (κ3) is 5.26. The van der Waals surface area contributed by atoms with Gasteiger partial charge in [0.25, 0.3) is 0 Å². The summed E-state index contributed by atoms with van der Waals surface area (Å²) in [5.41, 5.74) is 0.925. The highest BCUT2D eigenvalue weighted by atomic mass is 16.7. The first-order valence-corrected chi connectivity index (χ1v) is 10.6. The molecule has 0 spiro atoms. The molecule has 2 saturated heterocycles. The number of hydrogen-bond acceptors (Lipinski definition) is 5. The molecule has 1 unspecified atom stereocenters. The predicted molar refractivity (Wildman–Crippen MR) is 117 cm³/mol. The van der Waals surface area contributed by atoms with Gasteiger partial charge in [-0.05, 0) is 78.9 Å². The fraction of sp³-hybridized carbons (Fsp3) is 0.682. The van der Waals surface area contributed by atoms with Gasteiger partial charge >= 0.3 is 13.2 Å². The quantitative estimate of drug-likeness (QED) is 0.785. The van der Waals surface area contributed by atoms with Gasteiger partial charge in [0.2, 0.25) is 0 Å². The van der Waals surface area contributed by atoms with Gasteiger partial charge in [-0.25, -0.2) is 4.79 Å². The highest BCUT2D eigenvalue weighted by molar-refractivity contribution is 6.62. The maximum atomic E-state index is 12.1. The van der Waals surface area contributed by atoms with Gasteiger partial charge in [-0.15, -0.1) is 0 Å². The third-order valence-corrected chi connectivity index (χ3v) is 5.90. The van der Waals surface area contributed by atoms with E-state index in [4.69, 9.17) is 14.0 Å². The topological polar surface area (TPSA) is 60.0 Å². The van der Waals surface area contributed by atoms with Crippen LogP contribution in [-0.4, -0.2) is 49.1 Å². The Morgan fingerprint density at radius 3 is 2.48 bits per heavy atom. The van der Waals surface area contributed by atoms with E-state index < -0.39 is 5.60 Å². The Kier molecular flexibility index (Phi) is 5.94. The summed E-state index contributed by atoms with van der Waals surface area (Å²) < 4.78 is 17.8. The first-order chi connectivity index (χ1) is 13.4. The molecule has 29 heavy (non-hydrogen) atoms. The van der Waals surface area contributed by atoms with E-state index in [0.717, 1.165) is 37.1 Å². The molecule has 2 aliphatic heterocycles. The van der Waals surface area contributed by atoms with Crippen LogP contribution < -0.4 is 15.7 Å². The first kappa shape index (κ1) is 22.0. The third-order valence-electron chi connectivity index (χ3n) is 5.90. The highest BCUT2D eigenvalue weighted by Crippen LogP contribution is 2.36. The lowest BCUT2D eigenvalue weighted by Crippen LogP contribution is -2.49. The fourth-order valence-electron chi connectivity index (χ4n) is 3.65. The van der Waals surface area contributed by atoms with Crippen LogP contribution in [0.25, 0.3) is 0 Å². The zero-order valence-corrected chi connectivity index (χ0v) is 18.9. The van der Waals surface area contributed by atoms with Gasteiger partial charge in [0.15, 0.2) is 0 Å². The Balaban J connectivity index is 1.67. The number of ether oxygens (including phenoxy) is 1. The average Bonchev–Trinajstić information content (AvgIpc) is 2.81. The lowest BCUT2D eigenvalue weighted by atomic mass is 9.79. The fourth-order valence-corrected chi connectivity index (χ4v) is 3.65. The van der Waals surface area contributed by atoms with Crippen molar-refractivity contribution in [3.8, 4) is 0 Å².